The van der Waals surface area contributed by atoms with E-state index in [2.05, 4.69) is 0 Å². The SMILES string of the molecule is CC(C)(C(=O)O)C(CCC(F)(F)F)C(=O)O. The second kappa shape index (κ2) is 4.71. The Morgan fingerprint density at radius 1 is 1.19 bits per heavy atom. The fourth-order valence-corrected chi connectivity index (χ4v) is 1.25. The molecule has 0 rings (SSSR count). The molecule has 0 spiro atoms. The third-order valence-corrected chi connectivity index (χ3v) is 2.44. The molecule has 0 aliphatic carbocycles. The first-order valence-corrected chi connectivity index (χ1v) is 4.51. The highest BCUT2D eigenvalue weighted by Gasteiger charge is 2.43. The van der Waals surface area contributed by atoms with Gasteiger partial charge in [0.25, 0.3) is 0 Å². The van der Waals surface area contributed by atoms with E-state index in [0.717, 1.165) is 13.8 Å². The number of hydrogen-bond donors (Lipinski definition) is 2. The maximum absolute atomic E-state index is 11.9. The molecule has 0 saturated heterocycles. The normalized spacial score (nSPS) is 14.6. The van der Waals surface area contributed by atoms with Crippen LogP contribution in [0.5, 0.6) is 0 Å². The van der Waals surface area contributed by atoms with E-state index in [1.54, 1.807) is 0 Å². The lowest BCUT2D eigenvalue weighted by Crippen LogP contribution is -2.38. The summed E-state index contributed by atoms with van der Waals surface area (Å²) in [4.78, 5) is 21.5. The lowest BCUT2D eigenvalue weighted by Gasteiger charge is -2.27. The van der Waals surface area contributed by atoms with E-state index in [1.165, 1.54) is 0 Å². The van der Waals surface area contributed by atoms with Gasteiger partial charge >= 0.3 is 18.1 Å². The third-order valence-electron chi connectivity index (χ3n) is 2.44. The number of carboxylic acids is 2. The van der Waals surface area contributed by atoms with E-state index >= 15 is 0 Å². The van der Waals surface area contributed by atoms with Gasteiger partial charge in [-0.05, 0) is 20.3 Å². The Morgan fingerprint density at radius 3 is 1.88 bits per heavy atom. The lowest BCUT2D eigenvalue weighted by molar-refractivity contribution is -0.165. The lowest BCUT2D eigenvalue weighted by atomic mass is 9.76. The minimum absolute atomic E-state index is 0.738. The van der Waals surface area contributed by atoms with Crippen molar-refractivity contribution in [2.24, 2.45) is 11.3 Å². The monoisotopic (exact) mass is 242 g/mol. The molecule has 16 heavy (non-hydrogen) atoms. The van der Waals surface area contributed by atoms with Crippen molar-refractivity contribution in [2.75, 3.05) is 0 Å². The molecular formula is C9H13F3O4. The van der Waals surface area contributed by atoms with Crippen molar-refractivity contribution in [1.29, 1.82) is 0 Å². The second-order valence-electron chi connectivity index (χ2n) is 4.07. The van der Waals surface area contributed by atoms with Crippen molar-refractivity contribution >= 4 is 11.9 Å². The van der Waals surface area contributed by atoms with Crippen LogP contribution in [0, 0.1) is 11.3 Å². The first kappa shape index (κ1) is 14.7. The number of carboxylic acid groups (broad SMARTS) is 2. The van der Waals surface area contributed by atoms with Crippen LogP contribution in [0.25, 0.3) is 0 Å². The van der Waals surface area contributed by atoms with Gasteiger partial charge in [0.2, 0.25) is 0 Å². The maximum Gasteiger partial charge on any atom is 0.389 e. The zero-order valence-corrected chi connectivity index (χ0v) is 8.84. The van der Waals surface area contributed by atoms with Crippen LogP contribution >= 0.6 is 0 Å². The van der Waals surface area contributed by atoms with Crippen LogP contribution in [-0.4, -0.2) is 28.3 Å². The largest absolute Gasteiger partial charge is 0.481 e. The topological polar surface area (TPSA) is 74.6 Å². The summed E-state index contributed by atoms with van der Waals surface area (Å²) in [7, 11) is 0. The molecule has 94 valence electrons. The Hall–Kier alpha value is -1.27. The van der Waals surface area contributed by atoms with Gasteiger partial charge in [-0.15, -0.1) is 0 Å². The smallest absolute Gasteiger partial charge is 0.389 e. The highest BCUT2D eigenvalue weighted by atomic mass is 19.4. The van der Waals surface area contributed by atoms with Crippen LogP contribution in [0.3, 0.4) is 0 Å². The van der Waals surface area contributed by atoms with Gasteiger partial charge in [0, 0.05) is 6.42 Å². The predicted octanol–water partition coefficient (Wildman–Crippen LogP) is 2.14. The number of alkyl halides is 3. The Kier molecular flexibility index (Phi) is 4.34. The van der Waals surface area contributed by atoms with Gasteiger partial charge < -0.3 is 10.2 Å². The summed E-state index contributed by atoms with van der Waals surface area (Å²) in [5.41, 5.74) is -1.73. The summed E-state index contributed by atoms with van der Waals surface area (Å²) in [6, 6.07) is 0. The van der Waals surface area contributed by atoms with Crippen molar-refractivity contribution in [3.8, 4) is 0 Å². The molecule has 0 saturated carbocycles. The van der Waals surface area contributed by atoms with Gasteiger partial charge in [-0.1, -0.05) is 0 Å². The zero-order chi connectivity index (χ0) is 13.1. The summed E-state index contributed by atoms with van der Waals surface area (Å²) in [6.07, 6.45) is -6.53. The summed E-state index contributed by atoms with van der Waals surface area (Å²) < 4.78 is 35.8. The molecule has 2 N–H and O–H groups in total. The van der Waals surface area contributed by atoms with Crippen molar-refractivity contribution in [3.05, 3.63) is 0 Å². The summed E-state index contributed by atoms with van der Waals surface area (Å²) in [6.45, 7) is 2.20. The highest BCUT2D eigenvalue weighted by molar-refractivity contribution is 5.82. The van der Waals surface area contributed by atoms with E-state index in [4.69, 9.17) is 10.2 Å². The molecule has 0 aromatic rings. The summed E-state index contributed by atoms with van der Waals surface area (Å²) >= 11 is 0. The number of aliphatic carboxylic acids is 2. The average molecular weight is 242 g/mol. The zero-order valence-electron chi connectivity index (χ0n) is 8.84. The quantitative estimate of drug-likeness (QED) is 0.774. The van der Waals surface area contributed by atoms with E-state index in [0.29, 0.717) is 0 Å². The number of carbonyl (C=O) groups is 2. The molecule has 0 fully saturated rings. The van der Waals surface area contributed by atoms with Crippen LogP contribution < -0.4 is 0 Å². The molecule has 0 amide bonds. The Morgan fingerprint density at radius 2 is 1.62 bits per heavy atom. The Bertz CT molecular complexity index is 283. The maximum atomic E-state index is 11.9. The van der Waals surface area contributed by atoms with Crippen LogP contribution in [0.1, 0.15) is 26.7 Å². The minimum Gasteiger partial charge on any atom is -0.481 e. The van der Waals surface area contributed by atoms with E-state index < -0.39 is 42.3 Å². The van der Waals surface area contributed by atoms with Gasteiger partial charge in [0.05, 0.1) is 11.3 Å². The van der Waals surface area contributed by atoms with Gasteiger partial charge in [-0.3, -0.25) is 9.59 Å². The number of rotatable bonds is 5. The van der Waals surface area contributed by atoms with Gasteiger partial charge in [0.1, 0.15) is 0 Å². The fourth-order valence-electron chi connectivity index (χ4n) is 1.25. The molecule has 4 nitrogen and oxygen atoms in total. The molecule has 0 aliphatic rings. The second-order valence-corrected chi connectivity index (χ2v) is 4.07. The molecule has 7 heteroatoms. The molecule has 0 radical (unpaired) electrons. The minimum atomic E-state index is -4.48. The third kappa shape index (κ3) is 4.08. The average Bonchev–Trinajstić information content (AvgIpc) is 2.00. The Balaban J connectivity index is 4.77. The Labute approximate surface area is 90.1 Å². The number of halogens is 3. The molecule has 0 aromatic heterocycles. The molecular weight excluding hydrogens is 229 g/mol. The van der Waals surface area contributed by atoms with Crippen molar-refractivity contribution in [3.63, 3.8) is 0 Å². The van der Waals surface area contributed by atoms with E-state index in [1.807, 2.05) is 0 Å². The molecule has 0 aromatic carbocycles. The first-order chi connectivity index (χ1) is 6.98. The highest BCUT2D eigenvalue weighted by Crippen LogP contribution is 2.34. The van der Waals surface area contributed by atoms with Gasteiger partial charge in [-0.25, -0.2) is 0 Å². The molecule has 0 aliphatic heterocycles. The van der Waals surface area contributed by atoms with Crippen LogP contribution in [-0.2, 0) is 9.59 Å². The molecule has 0 heterocycles. The van der Waals surface area contributed by atoms with E-state index in [9.17, 15) is 22.8 Å². The molecule has 0 bridgehead atoms. The van der Waals surface area contributed by atoms with Crippen molar-refractivity contribution in [2.45, 2.75) is 32.9 Å². The standard InChI is InChI=1S/C9H13F3O4/c1-8(2,7(15)16)5(6(13)14)3-4-9(10,11)12/h5H,3-4H2,1-2H3,(H,13,14)(H,15,16). The van der Waals surface area contributed by atoms with Crippen LogP contribution in [0.15, 0.2) is 0 Å². The van der Waals surface area contributed by atoms with Crippen LogP contribution in [0.2, 0.25) is 0 Å². The first-order valence-electron chi connectivity index (χ1n) is 4.51. The summed E-state index contributed by atoms with van der Waals surface area (Å²) in [5, 5.41) is 17.5. The summed E-state index contributed by atoms with van der Waals surface area (Å²) in [5.74, 6) is -4.52. The number of hydrogen-bond acceptors (Lipinski definition) is 2. The fraction of sp³-hybridized carbons (Fsp3) is 0.778. The van der Waals surface area contributed by atoms with Gasteiger partial charge in [-0.2, -0.15) is 13.2 Å². The van der Waals surface area contributed by atoms with Gasteiger partial charge in [0.15, 0.2) is 0 Å². The van der Waals surface area contributed by atoms with Crippen LogP contribution in [0.4, 0.5) is 13.2 Å². The predicted molar refractivity (Wildman–Crippen MR) is 47.8 cm³/mol. The van der Waals surface area contributed by atoms with E-state index in [-0.39, 0.29) is 0 Å². The van der Waals surface area contributed by atoms with Crippen molar-refractivity contribution < 1.29 is 33.0 Å². The molecule has 1 unspecified atom stereocenters. The molecule has 1 atom stereocenters. The van der Waals surface area contributed by atoms with Crippen molar-refractivity contribution in [1.82, 2.24) is 0 Å².